The molecule has 1 heteroatoms. The highest BCUT2D eigenvalue weighted by Gasteiger charge is 2.06. The van der Waals surface area contributed by atoms with Gasteiger partial charge in [-0.1, -0.05) is 78.9 Å². The van der Waals surface area contributed by atoms with Gasteiger partial charge in [0.15, 0.2) is 0 Å². The van der Waals surface area contributed by atoms with E-state index in [1.807, 2.05) is 6.21 Å². The number of benzene rings is 4. The zero-order valence-electron chi connectivity index (χ0n) is 13.7. The van der Waals surface area contributed by atoms with Crippen molar-refractivity contribution in [2.45, 2.75) is 13.0 Å². The largest absolute Gasteiger partial charge is 0.285 e. The Kier molecular flexibility index (Phi) is 3.84. The van der Waals surface area contributed by atoms with Crippen LogP contribution in [0.1, 0.15) is 24.1 Å². The monoisotopic (exact) mass is 309 g/mol. The topological polar surface area (TPSA) is 12.4 Å². The number of rotatable bonds is 3. The van der Waals surface area contributed by atoms with E-state index in [0.717, 1.165) is 5.56 Å². The SMILES string of the molecule is CC(N=Cc1ccc2ccccc2c1)c1cccc2ccccc12. The van der Waals surface area contributed by atoms with Crippen molar-refractivity contribution in [1.82, 2.24) is 0 Å². The van der Waals surface area contributed by atoms with Crippen molar-refractivity contribution in [1.29, 1.82) is 0 Å². The van der Waals surface area contributed by atoms with Gasteiger partial charge in [0, 0.05) is 6.21 Å². The van der Waals surface area contributed by atoms with Gasteiger partial charge in [0.2, 0.25) is 0 Å². The van der Waals surface area contributed by atoms with Crippen molar-refractivity contribution in [3.05, 3.63) is 96.1 Å². The number of nitrogens with zero attached hydrogens (tertiary/aromatic N) is 1. The van der Waals surface area contributed by atoms with Crippen molar-refractivity contribution in [3.63, 3.8) is 0 Å². The predicted octanol–water partition coefficient (Wildman–Crippen LogP) is 6.17. The Morgan fingerprint density at radius 2 is 1.42 bits per heavy atom. The summed E-state index contributed by atoms with van der Waals surface area (Å²) in [7, 11) is 0. The minimum absolute atomic E-state index is 0.127. The van der Waals surface area contributed by atoms with Crippen LogP contribution in [-0.2, 0) is 0 Å². The molecule has 0 aliphatic heterocycles. The molecule has 116 valence electrons. The first-order chi connectivity index (χ1) is 11.8. The highest BCUT2D eigenvalue weighted by Crippen LogP contribution is 2.26. The van der Waals surface area contributed by atoms with Gasteiger partial charge in [-0.2, -0.15) is 0 Å². The molecular formula is C23H19N. The number of hydrogen-bond acceptors (Lipinski definition) is 1. The Labute approximate surface area is 142 Å². The van der Waals surface area contributed by atoms with Crippen LogP contribution in [0.25, 0.3) is 21.5 Å². The molecule has 4 aromatic rings. The first-order valence-electron chi connectivity index (χ1n) is 8.31. The molecule has 0 amide bonds. The van der Waals surface area contributed by atoms with E-state index in [-0.39, 0.29) is 6.04 Å². The molecule has 1 unspecified atom stereocenters. The van der Waals surface area contributed by atoms with Crippen LogP contribution in [0, 0.1) is 0 Å². The van der Waals surface area contributed by atoms with Crippen molar-refractivity contribution in [2.24, 2.45) is 4.99 Å². The lowest BCUT2D eigenvalue weighted by Gasteiger charge is -2.10. The fourth-order valence-electron chi connectivity index (χ4n) is 3.18. The van der Waals surface area contributed by atoms with Crippen LogP contribution in [-0.4, -0.2) is 6.21 Å². The Morgan fingerprint density at radius 1 is 0.708 bits per heavy atom. The molecule has 0 bridgehead atoms. The van der Waals surface area contributed by atoms with Gasteiger partial charge in [0.25, 0.3) is 0 Å². The molecule has 0 fully saturated rings. The summed E-state index contributed by atoms with van der Waals surface area (Å²) in [6, 6.07) is 29.9. The molecule has 4 aromatic carbocycles. The molecule has 0 aliphatic carbocycles. The van der Waals surface area contributed by atoms with E-state index in [0.29, 0.717) is 0 Å². The predicted molar refractivity (Wildman–Crippen MR) is 104 cm³/mol. The second kappa shape index (κ2) is 6.29. The van der Waals surface area contributed by atoms with Crippen molar-refractivity contribution < 1.29 is 0 Å². The van der Waals surface area contributed by atoms with Gasteiger partial charge < -0.3 is 0 Å². The summed E-state index contributed by atoms with van der Waals surface area (Å²) in [5, 5.41) is 5.06. The number of fused-ring (bicyclic) bond motifs is 2. The standard InChI is InChI=1S/C23H19N/c1-17(22-12-6-10-20-8-4-5-11-23(20)22)24-16-18-13-14-19-7-2-3-9-21(19)15-18/h2-17H,1H3. The lowest BCUT2D eigenvalue weighted by molar-refractivity contribution is 0.834. The molecule has 0 heterocycles. The van der Waals surface area contributed by atoms with Gasteiger partial charge in [0.05, 0.1) is 6.04 Å². The van der Waals surface area contributed by atoms with Crippen molar-refractivity contribution in [3.8, 4) is 0 Å². The summed E-state index contributed by atoms with van der Waals surface area (Å²) in [6.07, 6.45) is 1.98. The van der Waals surface area contributed by atoms with Crippen LogP contribution in [0.15, 0.2) is 89.9 Å². The maximum absolute atomic E-state index is 4.80. The second-order valence-corrected chi connectivity index (χ2v) is 6.13. The normalized spacial score (nSPS) is 12.9. The van der Waals surface area contributed by atoms with Gasteiger partial charge in [-0.25, -0.2) is 0 Å². The van der Waals surface area contributed by atoms with E-state index in [9.17, 15) is 0 Å². The fraction of sp³-hybridized carbons (Fsp3) is 0.0870. The molecular weight excluding hydrogens is 290 g/mol. The Morgan fingerprint density at radius 3 is 2.29 bits per heavy atom. The van der Waals surface area contributed by atoms with E-state index in [4.69, 9.17) is 4.99 Å². The van der Waals surface area contributed by atoms with Crippen LogP contribution in [0.4, 0.5) is 0 Å². The van der Waals surface area contributed by atoms with E-state index < -0.39 is 0 Å². The zero-order valence-corrected chi connectivity index (χ0v) is 13.7. The zero-order chi connectivity index (χ0) is 16.4. The highest BCUT2D eigenvalue weighted by molar-refractivity contribution is 5.91. The van der Waals surface area contributed by atoms with Gasteiger partial charge in [-0.3, -0.25) is 4.99 Å². The molecule has 0 aromatic heterocycles. The third-order valence-electron chi connectivity index (χ3n) is 4.49. The maximum Gasteiger partial charge on any atom is 0.0727 e. The molecule has 4 rings (SSSR count). The molecule has 0 N–H and O–H groups in total. The average Bonchev–Trinajstić information content (AvgIpc) is 2.65. The summed E-state index contributed by atoms with van der Waals surface area (Å²) in [5.41, 5.74) is 2.41. The molecule has 0 saturated heterocycles. The summed E-state index contributed by atoms with van der Waals surface area (Å²) in [6.45, 7) is 2.15. The maximum atomic E-state index is 4.80. The number of aliphatic imine (C=N–C) groups is 1. The number of hydrogen-bond donors (Lipinski definition) is 0. The molecule has 1 nitrogen and oxygen atoms in total. The van der Waals surface area contributed by atoms with Crippen molar-refractivity contribution in [2.75, 3.05) is 0 Å². The molecule has 0 aliphatic rings. The second-order valence-electron chi connectivity index (χ2n) is 6.13. The van der Waals surface area contributed by atoms with Crippen LogP contribution in [0.2, 0.25) is 0 Å². The van der Waals surface area contributed by atoms with E-state index in [1.54, 1.807) is 0 Å². The first kappa shape index (κ1) is 14.6. The minimum Gasteiger partial charge on any atom is -0.285 e. The quantitative estimate of drug-likeness (QED) is 0.401. The third kappa shape index (κ3) is 2.81. The molecule has 24 heavy (non-hydrogen) atoms. The van der Waals surface area contributed by atoms with Crippen LogP contribution in [0.3, 0.4) is 0 Å². The minimum atomic E-state index is 0.127. The lowest BCUT2D eigenvalue weighted by Crippen LogP contribution is -1.93. The Balaban J connectivity index is 1.66. The summed E-state index contributed by atoms with van der Waals surface area (Å²) in [4.78, 5) is 4.80. The van der Waals surface area contributed by atoms with Gasteiger partial charge >= 0.3 is 0 Å². The van der Waals surface area contributed by atoms with Gasteiger partial charge in [0.1, 0.15) is 0 Å². The van der Waals surface area contributed by atoms with Crippen LogP contribution < -0.4 is 0 Å². The van der Waals surface area contributed by atoms with Crippen LogP contribution in [0.5, 0.6) is 0 Å². The molecule has 1 atom stereocenters. The third-order valence-corrected chi connectivity index (χ3v) is 4.49. The lowest BCUT2D eigenvalue weighted by atomic mass is 10.00. The van der Waals surface area contributed by atoms with Crippen LogP contribution >= 0.6 is 0 Å². The summed E-state index contributed by atoms with van der Waals surface area (Å²) < 4.78 is 0. The highest BCUT2D eigenvalue weighted by atomic mass is 14.8. The smallest absolute Gasteiger partial charge is 0.0727 e. The Hall–Kier alpha value is -2.93. The summed E-state index contributed by atoms with van der Waals surface area (Å²) >= 11 is 0. The average molecular weight is 309 g/mol. The molecule has 0 saturated carbocycles. The first-order valence-corrected chi connectivity index (χ1v) is 8.31. The molecule has 0 spiro atoms. The Bertz CT molecular complexity index is 1020. The van der Waals surface area contributed by atoms with Gasteiger partial charge in [-0.05, 0) is 45.7 Å². The van der Waals surface area contributed by atoms with Crippen molar-refractivity contribution >= 4 is 27.8 Å². The van der Waals surface area contributed by atoms with E-state index in [2.05, 4.69) is 91.9 Å². The van der Waals surface area contributed by atoms with E-state index in [1.165, 1.54) is 27.1 Å². The van der Waals surface area contributed by atoms with E-state index >= 15 is 0 Å². The molecule has 0 radical (unpaired) electrons. The fourth-order valence-corrected chi connectivity index (χ4v) is 3.18. The summed E-state index contributed by atoms with van der Waals surface area (Å²) in [5.74, 6) is 0. The van der Waals surface area contributed by atoms with Gasteiger partial charge in [-0.15, -0.1) is 0 Å².